The molecule has 2 heterocycles. The molecule has 1 atom stereocenters. The van der Waals surface area contributed by atoms with Gasteiger partial charge in [-0.25, -0.2) is 4.98 Å². The first-order valence-corrected chi connectivity index (χ1v) is 12.2. The SMILES string of the molecule is N#Cc1ccc(Cn2cncc2CCNC(=O)[C@H]2CCCN(Cc3cc(Cl)cc(Cl)c3)C2)cc1. The van der Waals surface area contributed by atoms with E-state index in [9.17, 15) is 4.79 Å². The number of hydrogen-bond donors (Lipinski definition) is 1. The standard InChI is InChI=1S/C26H27Cl2N5O/c27-23-10-21(11-24(28)12-23)15-32-9-1-2-22(17-32)26(34)31-8-7-25-14-30-18-33(25)16-20-5-3-19(13-29)4-6-20/h3-6,10-12,14,18,22H,1-2,7-9,15-17H2,(H,31,34)/t22-/m0/s1. The van der Waals surface area contributed by atoms with Crippen LogP contribution in [0.4, 0.5) is 0 Å². The van der Waals surface area contributed by atoms with Gasteiger partial charge in [0.05, 0.1) is 23.9 Å². The van der Waals surface area contributed by atoms with Gasteiger partial charge in [-0.3, -0.25) is 9.69 Å². The minimum atomic E-state index is -0.0213. The first-order chi connectivity index (χ1) is 16.5. The molecule has 3 aromatic rings. The van der Waals surface area contributed by atoms with E-state index in [2.05, 4.69) is 25.8 Å². The van der Waals surface area contributed by atoms with Gasteiger partial charge in [0.2, 0.25) is 5.91 Å². The summed E-state index contributed by atoms with van der Waals surface area (Å²) in [5.41, 5.74) is 3.88. The van der Waals surface area contributed by atoms with Crippen LogP contribution in [0.5, 0.6) is 0 Å². The second-order valence-electron chi connectivity index (χ2n) is 8.71. The minimum absolute atomic E-state index is 0.0213. The Bertz CT molecular complexity index is 1150. The number of aromatic nitrogens is 2. The first kappa shape index (κ1) is 24.3. The van der Waals surface area contributed by atoms with Crippen LogP contribution in [-0.2, 0) is 24.3 Å². The molecule has 0 saturated carbocycles. The number of hydrogen-bond acceptors (Lipinski definition) is 4. The van der Waals surface area contributed by atoms with Crippen LogP contribution in [0.25, 0.3) is 0 Å². The monoisotopic (exact) mass is 495 g/mol. The fourth-order valence-corrected chi connectivity index (χ4v) is 4.98. The van der Waals surface area contributed by atoms with E-state index < -0.39 is 0 Å². The summed E-state index contributed by atoms with van der Waals surface area (Å²) in [5.74, 6) is 0.0824. The largest absolute Gasteiger partial charge is 0.355 e. The summed E-state index contributed by atoms with van der Waals surface area (Å²) in [6.07, 6.45) is 6.24. The highest BCUT2D eigenvalue weighted by atomic mass is 35.5. The highest BCUT2D eigenvalue weighted by Gasteiger charge is 2.25. The Kier molecular flexibility index (Phi) is 8.23. The van der Waals surface area contributed by atoms with Crippen LogP contribution < -0.4 is 5.32 Å². The number of benzene rings is 2. The number of carbonyl (C=O) groups excluding carboxylic acids is 1. The third kappa shape index (κ3) is 6.60. The number of rotatable bonds is 8. The van der Waals surface area contributed by atoms with Crippen molar-refractivity contribution in [2.45, 2.75) is 32.4 Å². The maximum atomic E-state index is 12.8. The lowest BCUT2D eigenvalue weighted by atomic mass is 9.96. The molecule has 176 valence electrons. The average Bonchev–Trinajstić information content (AvgIpc) is 3.25. The van der Waals surface area contributed by atoms with Crippen LogP contribution in [0.1, 0.15) is 35.2 Å². The molecule has 1 N–H and O–H groups in total. The molecule has 1 aliphatic heterocycles. The van der Waals surface area contributed by atoms with Crippen LogP contribution in [0.2, 0.25) is 10.0 Å². The van der Waals surface area contributed by atoms with Crippen LogP contribution >= 0.6 is 23.2 Å². The number of nitriles is 1. The Labute approximate surface area is 210 Å². The number of nitrogens with zero attached hydrogens (tertiary/aromatic N) is 4. The van der Waals surface area contributed by atoms with Gasteiger partial charge in [0, 0.05) is 54.5 Å². The third-order valence-corrected chi connectivity index (χ3v) is 6.56. The van der Waals surface area contributed by atoms with Crippen LogP contribution in [0, 0.1) is 17.2 Å². The van der Waals surface area contributed by atoms with Gasteiger partial charge in [0.15, 0.2) is 0 Å². The van der Waals surface area contributed by atoms with Gasteiger partial charge >= 0.3 is 0 Å². The Morgan fingerprint density at radius 1 is 1.12 bits per heavy atom. The van der Waals surface area contributed by atoms with Gasteiger partial charge < -0.3 is 9.88 Å². The van der Waals surface area contributed by atoms with E-state index in [0.29, 0.717) is 35.1 Å². The number of piperidine rings is 1. The van der Waals surface area contributed by atoms with Crippen LogP contribution in [-0.4, -0.2) is 40.0 Å². The number of likely N-dealkylation sites (tertiary alicyclic amines) is 1. The molecular formula is C26H27Cl2N5O. The highest BCUT2D eigenvalue weighted by molar-refractivity contribution is 6.34. The molecule has 0 bridgehead atoms. The summed E-state index contributed by atoms with van der Waals surface area (Å²) >= 11 is 12.3. The summed E-state index contributed by atoms with van der Waals surface area (Å²) < 4.78 is 2.08. The number of halogens is 2. The Morgan fingerprint density at radius 2 is 1.88 bits per heavy atom. The molecule has 0 radical (unpaired) electrons. The van der Waals surface area contributed by atoms with E-state index in [-0.39, 0.29) is 11.8 Å². The fraction of sp³-hybridized carbons (Fsp3) is 0.346. The molecule has 8 heteroatoms. The van der Waals surface area contributed by atoms with E-state index in [1.807, 2.05) is 42.6 Å². The van der Waals surface area contributed by atoms with Crippen molar-refractivity contribution in [1.82, 2.24) is 19.8 Å². The number of carbonyl (C=O) groups is 1. The summed E-state index contributed by atoms with van der Waals surface area (Å²) in [4.78, 5) is 19.4. The predicted molar refractivity (Wildman–Crippen MR) is 134 cm³/mol. The van der Waals surface area contributed by atoms with E-state index in [1.165, 1.54) is 0 Å². The van der Waals surface area contributed by atoms with Crippen molar-refractivity contribution in [2.24, 2.45) is 5.92 Å². The van der Waals surface area contributed by atoms with Crippen molar-refractivity contribution in [3.05, 3.63) is 87.4 Å². The smallest absolute Gasteiger partial charge is 0.224 e. The summed E-state index contributed by atoms with van der Waals surface area (Å²) in [6, 6.07) is 15.3. The number of nitrogens with one attached hydrogen (secondary N) is 1. The Hall–Kier alpha value is -2.85. The molecule has 1 aliphatic rings. The molecular weight excluding hydrogens is 469 g/mol. The van der Waals surface area contributed by atoms with Gasteiger partial charge in [-0.2, -0.15) is 5.26 Å². The third-order valence-electron chi connectivity index (χ3n) is 6.12. The van der Waals surface area contributed by atoms with Gasteiger partial charge in [0.25, 0.3) is 0 Å². The maximum Gasteiger partial charge on any atom is 0.224 e. The molecule has 2 aromatic carbocycles. The first-order valence-electron chi connectivity index (χ1n) is 11.4. The summed E-state index contributed by atoms with van der Waals surface area (Å²) in [5, 5.41) is 13.3. The zero-order valence-electron chi connectivity index (χ0n) is 18.9. The molecule has 6 nitrogen and oxygen atoms in total. The normalized spacial score (nSPS) is 16.2. The number of amides is 1. The van der Waals surface area contributed by atoms with Gasteiger partial charge in [-0.15, -0.1) is 0 Å². The molecule has 0 aliphatic carbocycles. The molecule has 1 amide bonds. The molecule has 0 spiro atoms. The van der Waals surface area contributed by atoms with E-state index in [0.717, 1.165) is 49.3 Å². The fourth-order valence-electron chi connectivity index (χ4n) is 4.41. The molecule has 0 unspecified atom stereocenters. The maximum absolute atomic E-state index is 12.8. The lowest BCUT2D eigenvalue weighted by molar-refractivity contribution is -0.126. The Balaban J connectivity index is 1.26. The van der Waals surface area contributed by atoms with E-state index >= 15 is 0 Å². The number of imidazole rings is 1. The zero-order chi connectivity index (χ0) is 23.9. The van der Waals surface area contributed by atoms with Crippen LogP contribution in [0.3, 0.4) is 0 Å². The molecule has 34 heavy (non-hydrogen) atoms. The lowest BCUT2D eigenvalue weighted by Crippen LogP contribution is -2.43. The molecule has 4 rings (SSSR count). The van der Waals surface area contributed by atoms with Gasteiger partial charge in [-0.05, 0) is 60.8 Å². The Morgan fingerprint density at radius 3 is 2.62 bits per heavy atom. The van der Waals surface area contributed by atoms with E-state index in [1.54, 1.807) is 12.4 Å². The van der Waals surface area contributed by atoms with E-state index in [4.69, 9.17) is 28.5 Å². The second kappa shape index (κ2) is 11.5. The minimum Gasteiger partial charge on any atom is -0.355 e. The zero-order valence-corrected chi connectivity index (χ0v) is 20.4. The molecule has 1 aromatic heterocycles. The average molecular weight is 496 g/mol. The van der Waals surface area contributed by atoms with Crippen molar-refractivity contribution in [2.75, 3.05) is 19.6 Å². The summed E-state index contributed by atoms with van der Waals surface area (Å²) in [6.45, 7) is 3.67. The summed E-state index contributed by atoms with van der Waals surface area (Å²) in [7, 11) is 0. The second-order valence-corrected chi connectivity index (χ2v) is 9.59. The van der Waals surface area contributed by atoms with Crippen molar-refractivity contribution in [3.8, 4) is 6.07 Å². The quantitative estimate of drug-likeness (QED) is 0.492. The van der Waals surface area contributed by atoms with Crippen LogP contribution in [0.15, 0.2) is 55.0 Å². The van der Waals surface area contributed by atoms with Crippen molar-refractivity contribution < 1.29 is 4.79 Å². The highest BCUT2D eigenvalue weighted by Crippen LogP contribution is 2.23. The van der Waals surface area contributed by atoms with Gasteiger partial charge in [0.1, 0.15) is 0 Å². The lowest BCUT2D eigenvalue weighted by Gasteiger charge is -2.32. The van der Waals surface area contributed by atoms with Crippen molar-refractivity contribution >= 4 is 29.1 Å². The van der Waals surface area contributed by atoms with Crippen molar-refractivity contribution in [1.29, 1.82) is 5.26 Å². The van der Waals surface area contributed by atoms with Crippen molar-refractivity contribution in [3.63, 3.8) is 0 Å². The molecule has 1 saturated heterocycles. The van der Waals surface area contributed by atoms with Gasteiger partial charge in [-0.1, -0.05) is 35.3 Å². The molecule has 1 fully saturated rings. The topological polar surface area (TPSA) is 74.0 Å². The predicted octanol–water partition coefficient (Wildman–Crippen LogP) is 4.68.